The molecule has 10 N–H and O–H groups in total. The summed E-state index contributed by atoms with van der Waals surface area (Å²) in [6.45, 7) is -0.979. The number of benzene rings is 4. The first-order valence-corrected chi connectivity index (χ1v) is 15.5. The van der Waals surface area contributed by atoms with Crippen LogP contribution >= 0.6 is 0 Å². The fourth-order valence-electron chi connectivity index (χ4n) is 3.76. The zero-order valence-corrected chi connectivity index (χ0v) is 28.9. The van der Waals surface area contributed by atoms with Crippen molar-refractivity contribution in [2.24, 2.45) is 0 Å². The average Bonchev–Trinajstić information content (AvgIpc) is 3.48. The molecule has 0 aromatic heterocycles. The van der Waals surface area contributed by atoms with Gasteiger partial charge in [-0.15, -0.1) is 0 Å². The summed E-state index contributed by atoms with van der Waals surface area (Å²) < 4.78 is 13.3. The second-order valence-electron chi connectivity index (χ2n) is 10.4. The van der Waals surface area contributed by atoms with Crippen LogP contribution in [0.1, 0.15) is 62.9 Å². The van der Waals surface area contributed by atoms with E-state index in [0.717, 1.165) is 23.9 Å². The number of rotatable bonds is 8. The molecule has 0 aliphatic carbocycles. The summed E-state index contributed by atoms with van der Waals surface area (Å²) in [5.41, 5.74) is 16.2. The Morgan fingerprint density at radius 3 is 1.32 bits per heavy atom. The van der Waals surface area contributed by atoms with E-state index in [1.807, 2.05) is 48.5 Å². The molecule has 5 rings (SSSR count). The number of aliphatic hydroxyl groups excluding tert-OH is 5. The minimum Gasteiger partial charge on any atom is -0.478 e. The summed E-state index contributed by atoms with van der Waals surface area (Å²) in [7, 11) is 2.60. The molecule has 1 aliphatic heterocycles. The first-order valence-electron chi connectivity index (χ1n) is 15.5. The van der Waals surface area contributed by atoms with Gasteiger partial charge in [0, 0.05) is 11.4 Å². The molecule has 0 fully saturated rings. The maximum Gasteiger partial charge on any atom is 0.346 e. The molecule has 0 atom stereocenters. The zero-order valence-electron chi connectivity index (χ0n) is 28.9. The average molecular weight is 739 g/mol. The lowest BCUT2D eigenvalue weighted by molar-refractivity contribution is 0.0441. The van der Waals surface area contributed by atoms with Crippen LogP contribution < -0.4 is 11.5 Å². The van der Waals surface area contributed by atoms with Gasteiger partial charge in [0.15, 0.2) is 0 Å². The van der Waals surface area contributed by atoms with Crippen LogP contribution in [0.15, 0.2) is 91.0 Å². The molecule has 4 aromatic rings. The number of carboxylic acids is 1. The number of carbonyl (C=O) groups is 5. The number of cyclic esters (lactones) is 2. The second kappa shape index (κ2) is 24.1. The summed E-state index contributed by atoms with van der Waals surface area (Å²) in [5.74, 6) is -3.54. The highest BCUT2D eigenvalue weighted by atomic mass is 16.6. The van der Waals surface area contributed by atoms with Crippen molar-refractivity contribution in [1.82, 2.24) is 0 Å². The molecule has 0 saturated heterocycles. The Hall–Kier alpha value is -6.17. The topological polar surface area (TPSA) is 286 Å². The molecule has 16 nitrogen and oxygen atoms in total. The number of hydrogen-bond donors (Lipinski definition) is 8. The van der Waals surface area contributed by atoms with Gasteiger partial charge in [0.2, 0.25) is 0 Å². The predicted molar refractivity (Wildman–Crippen MR) is 191 cm³/mol. The molecule has 1 heterocycles. The number of aromatic carboxylic acids is 1. The van der Waals surface area contributed by atoms with E-state index in [4.69, 9.17) is 42.1 Å². The van der Waals surface area contributed by atoms with Crippen LogP contribution in [0.3, 0.4) is 0 Å². The Labute approximate surface area is 304 Å². The minimum atomic E-state index is -1.15. The zero-order chi connectivity index (χ0) is 39.9. The Kier molecular flexibility index (Phi) is 20.4. The summed E-state index contributed by atoms with van der Waals surface area (Å²) in [5, 5.41) is 47.9. The van der Waals surface area contributed by atoms with Gasteiger partial charge in [0.1, 0.15) is 6.10 Å². The van der Waals surface area contributed by atoms with E-state index >= 15 is 0 Å². The number of nitrogen functional groups attached to an aromatic ring is 2. The van der Waals surface area contributed by atoms with Gasteiger partial charge in [0.25, 0.3) is 0 Å². The maximum absolute atomic E-state index is 11.0. The number of nitrogens with two attached hydrogens (primary N) is 2. The summed E-state index contributed by atoms with van der Waals surface area (Å²) in [6.07, 6.45) is -0.0365. The van der Waals surface area contributed by atoms with Gasteiger partial charge in [0.05, 0.1) is 68.5 Å². The van der Waals surface area contributed by atoms with Gasteiger partial charge in [-0.3, -0.25) is 0 Å². The lowest BCUT2D eigenvalue weighted by atomic mass is 10.0. The van der Waals surface area contributed by atoms with Gasteiger partial charge >= 0.3 is 29.8 Å². The number of aliphatic hydroxyl groups is 5. The van der Waals surface area contributed by atoms with E-state index < -0.39 is 36.0 Å². The number of methoxy groups -OCH3 is 2. The molecule has 4 aromatic carbocycles. The smallest absolute Gasteiger partial charge is 0.346 e. The standard InChI is InChI=1S/C13H14N2.C10H10O4.C9H4O5.C3H8O3.C2H6O2/c14-12-5-1-10(2-6-12)9-11-3-7-13(15)8-4-11;1-13-9(11)7-3-5-8(6-4-7)10(12)14-2;10-7(11)4-1-2-5-6(3-4)9(13)14-8(5)12;4-1-3(6)2-5;3-1-2-4/h1-8H,9,14-15H2;3-6H,1-2H3;1-3H,(H,10,11);3-6H,1-2H2;3-4H,1-2H2. The number of anilines is 2. The van der Waals surface area contributed by atoms with Crippen molar-refractivity contribution in [1.29, 1.82) is 0 Å². The minimum absolute atomic E-state index is 0.00917. The lowest BCUT2D eigenvalue weighted by Gasteiger charge is -2.02. The largest absolute Gasteiger partial charge is 0.478 e. The van der Waals surface area contributed by atoms with E-state index in [0.29, 0.717) is 11.1 Å². The monoisotopic (exact) mass is 738 g/mol. The third-order valence-corrected chi connectivity index (χ3v) is 6.51. The molecule has 0 bridgehead atoms. The first-order chi connectivity index (χ1) is 25.2. The first kappa shape index (κ1) is 44.9. The summed E-state index contributed by atoms with van der Waals surface area (Å²) >= 11 is 0. The normalized spacial score (nSPS) is 10.6. The van der Waals surface area contributed by atoms with Gasteiger partial charge in [-0.2, -0.15) is 0 Å². The molecule has 0 spiro atoms. The van der Waals surface area contributed by atoms with E-state index in [-0.39, 0.29) is 43.1 Å². The highest BCUT2D eigenvalue weighted by molar-refractivity contribution is 6.15. The quantitative estimate of drug-likeness (QED) is 0.0552. The van der Waals surface area contributed by atoms with Crippen LogP contribution in [-0.4, -0.2) is 107 Å². The summed E-state index contributed by atoms with van der Waals surface area (Å²) in [4.78, 5) is 54.6. The van der Waals surface area contributed by atoms with Crippen LogP contribution in [0.25, 0.3) is 0 Å². The molecular weight excluding hydrogens is 696 g/mol. The van der Waals surface area contributed by atoms with Crippen LogP contribution in [0.5, 0.6) is 0 Å². The maximum atomic E-state index is 11.0. The van der Waals surface area contributed by atoms with Crippen LogP contribution in [-0.2, 0) is 20.6 Å². The summed E-state index contributed by atoms with van der Waals surface area (Å²) in [6, 6.07) is 25.6. The van der Waals surface area contributed by atoms with Crippen LogP contribution in [0, 0.1) is 0 Å². The van der Waals surface area contributed by atoms with Gasteiger partial charge in [-0.25, -0.2) is 24.0 Å². The van der Waals surface area contributed by atoms with E-state index in [9.17, 15) is 24.0 Å². The van der Waals surface area contributed by atoms with Gasteiger partial charge in [-0.1, -0.05) is 24.3 Å². The number of fused-ring (bicyclic) bond motifs is 1. The fourth-order valence-corrected chi connectivity index (χ4v) is 3.76. The van der Waals surface area contributed by atoms with E-state index in [1.54, 1.807) is 0 Å². The van der Waals surface area contributed by atoms with Crippen molar-refractivity contribution in [3.63, 3.8) is 0 Å². The molecule has 0 unspecified atom stereocenters. The fraction of sp³-hybridized carbons (Fsp3) is 0.216. The molecule has 284 valence electrons. The third-order valence-electron chi connectivity index (χ3n) is 6.51. The number of ether oxygens (including phenoxy) is 3. The molecule has 1 aliphatic rings. The molecular formula is C37H42N2O14. The predicted octanol–water partition coefficient (Wildman–Crippen LogP) is 1.70. The van der Waals surface area contributed by atoms with E-state index in [2.05, 4.69) is 14.2 Å². The van der Waals surface area contributed by atoms with Crippen molar-refractivity contribution in [2.45, 2.75) is 12.5 Å². The Morgan fingerprint density at radius 1 is 0.623 bits per heavy atom. The molecule has 0 saturated carbocycles. The van der Waals surface area contributed by atoms with Crippen molar-refractivity contribution < 1.29 is 68.8 Å². The Balaban J connectivity index is 0.000000353. The second-order valence-corrected chi connectivity index (χ2v) is 10.4. The van der Waals surface area contributed by atoms with Crippen molar-refractivity contribution in [3.05, 3.63) is 130 Å². The number of hydrogen-bond acceptors (Lipinski definition) is 15. The molecule has 0 radical (unpaired) electrons. The number of carboxylic acid groups (broad SMARTS) is 1. The van der Waals surface area contributed by atoms with Crippen molar-refractivity contribution in [3.8, 4) is 0 Å². The molecule has 16 heteroatoms. The molecule has 53 heavy (non-hydrogen) atoms. The lowest BCUT2D eigenvalue weighted by Crippen LogP contribution is -2.15. The highest BCUT2D eigenvalue weighted by Crippen LogP contribution is 2.21. The van der Waals surface area contributed by atoms with E-state index in [1.165, 1.54) is 61.7 Å². The van der Waals surface area contributed by atoms with Crippen LogP contribution in [0.2, 0.25) is 0 Å². The molecule has 0 amide bonds. The third kappa shape index (κ3) is 16.2. The highest BCUT2D eigenvalue weighted by Gasteiger charge is 2.30. The Morgan fingerprint density at radius 2 is 1.00 bits per heavy atom. The van der Waals surface area contributed by atoms with Crippen LogP contribution in [0.4, 0.5) is 11.4 Å². The SMILES string of the molecule is COC(=O)c1ccc(C(=O)OC)cc1.Nc1ccc(Cc2ccc(N)cc2)cc1.O=C(O)c1ccc2c(c1)C(=O)OC2=O.OCC(O)CO.OCCO. The van der Waals surface area contributed by atoms with Gasteiger partial charge < -0.3 is 56.3 Å². The van der Waals surface area contributed by atoms with Gasteiger partial charge in [-0.05, 0) is 84.3 Å². The Bertz CT molecular complexity index is 1680. The van der Waals surface area contributed by atoms with Crippen molar-refractivity contribution in [2.75, 3.05) is 52.1 Å². The number of esters is 4. The van der Waals surface area contributed by atoms with Crippen molar-refractivity contribution >= 4 is 41.2 Å². The number of carbonyl (C=O) groups excluding carboxylic acids is 4.